The molecule has 0 fully saturated rings. The summed E-state index contributed by atoms with van der Waals surface area (Å²) in [6, 6.07) is 8.25. The fourth-order valence-corrected chi connectivity index (χ4v) is 2.47. The quantitative estimate of drug-likeness (QED) is 0.352. The second-order valence-corrected chi connectivity index (χ2v) is 4.02. The number of nitrogens with one attached hydrogen (secondary N) is 1. The molecule has 2 rings (SSSR count). The molecule has 0 spiro atoms. The molecule has 0 amide bonds. The number of amidine groups is 1. The van der Waals surface area contributed by atoms with E-state index in [1.807, 2.05) is 19.1 Å². The average molecular weight is 219 g/mol. The number of rotatable bonds is 2. The Hall–Kier alpha value is -1.39. The van der Waals surface area contributed by atoms with Gasteiger partial charge in [0, 0.05) is 27.6 Å². The lowest BCUT2D eigenvalue weighted by Crippen LogP contribution is -2.31. The van der Waals surface area contributed by atoms with Crippen LogP contribution >= 0.6 is 11.3 Å². The molecule has 0 atom stereocenters. The molecule has 3 nitrogen and oxygen atoms in total. The number of nitrogens with zero attached hydrogens (tertiary/aromatic N) is 1. The molecule has 0 radical (unpaired) electrons. The molecule has 0 aliphatic heterocycles. The van der Waals surface area contributed by atoms with E-state index in [9.17, 15) is 0 Å². The predicted molar refractivity (Wildman–Crippen MR) is 66.2 cm³/mol. The van der Waals surface area contributed by atoms with Crippen LogP contribution in [-0.2, 0) is 0 Å². The highest BCUT2D eigenvalue weighted by atomic mass is 32.1. The van der Waals surface area contributed by atoms with Gasteiger partial charge >= 0.3 is 0 Å². The maximum Gasteiger partial charge on any atom is 0.143 e. The molecule has 0 saturated carbocycles. The van der Waals surface area contributed by atoms with Crippen LogP contribution in [0, 0.1) is 0 Å². The molecule has 1 aromatic heterocycles. The minimum Gasteiger partial charge on any atom is -0.308 e. The Balaban J connectivity index is 2.56. The fourth-order valence-electron chi connectivity index (χ4n) is 1.53. The van der Waals surface area contributed by atoms with Gasteiger partial charge in [-0.1, -0.05) is 18.2 Å². The zero-order valence-corrected chi connectivity index (χ0v) is 9.34. The Kier molecular flexibility index (Phi) is 2.99. The van der Waals surface area contributed by atoms with Crippen LogP contribution in [-0.4, -0.2) is 12.4 Å². The summed E-state index contributed by atoms with van der Waals surface area (Å²) in [6.45, 7) is 2.72. The topological polar surface area (TPSA) is 50.4 Å². The first-order chi connectivity index (χ1) is 7.36. The Morgan fingerprint density at radius 1 is 1.47 bits per heavy atom. The average Bonchev–Trinajstić information content (AvgIpc) is 2.70. The summed E-state index contributed by atoms with van der Waals surface area (Å²) < 4.78 is 1.26. The maximum atomic E-state index is 5.46. The van der Waals surface area contributed by atoms with Gasteiger partial charge in [-0.25, -0.2) is 5.84 Å². The number of aliphatic imine (C=N–C) groups is 1. The van der Waals surface area contributed by atoms with Crippen molar-refractivity contribution in [2.75, 3.05) is 6.54 Å². The molecule has 1 aromatic carbocycles. The Bertz CT molecular complexity index is 487. The van der Waals surface area contributed by atoms with Crippen LogP contribution in [0.4, 0.5) is 0 Å². The van der Waals surface area contributed by atoms with E-state index in [-0.39, 0.29) is 0 Å². The van der Waals surface area contributed by atoms with Gasteiger partial charge in [0.2, 0.25) is 0 Å². The highest BCUT2D eigenvalue weighted by Gasteiger charge is 2.07. The zero-order valence-electron chi connectivity index (χ0n) is 8.53. The van der Waals surface area contributed by atoms with E-state index in [4.69, 9.17) is 5.84 Å². The van der Waals surface area contributed by atoms with E-state index in [1.54, 1.807) is 11.3 Å². The van der Waals surface area contributed by atoms with E-state index < -0.39 is 0 Å². The van der Waals surface area contributed by atoms with Crippen molar-refractivity contribution in [3.05, 3.63) is 35.2 Å². The van der Waals surface area contributed by atoms with E-state index in [0.29, 0.717) is 0 Å². The van der Waals surface area contributed by atoms with Crippen LogP contribution < -0.4 is 11.3 Å². The lowest BCUT2D eigenvalue weighted by molar-refractivity contribution is 0.994. The van der Waals surface area contributed by atoms with Crippen LogP contribution in [0.3, 0.4) is 0 Å². The normalized spacial score (nSPS) is 12.0. The van der Waals surface area contributed by atoms with E-state index in [0.717, 1.165) is 17.9 Å². The van der Waals surface area contributed by atoms with Gasteiger partial charge in [-0.15, -0.1) is 11.3 Å². The number of hydrogen-bond donors (Lipinski definition) is 2. The minimum atomic E-state index is 0.726. The Morgan fingerprint density at radius 3 is 3.00 bits per heavy atom. The number of thiophene rings is 1. The number of fused-ring (bicyclic) bond motifs is 1. The van der Waals surface area contributed by atoms with Crippen molar-refractivity contribution in [2.45, 2.75) is 6.92 Å². The minimum absolute atomic E-state index is 0.726. The summed E-state index contributed by atoms with van der Waals surface area (Å²) in [5.41, 5.74) is 3.74. The number of nitrogens with two attached hydrogens (primary N) is 1. The van der Waals surface area contributed by atoms with Crippen LogP contribution in [0.15, 0.2) is 34.6 Å². The first kappa shape index (κ1) is 10.1. The number of hydrazine groups is 1. The van der Waals surface area contributed by atoms with Gasteiger partial charge in [0.25, 0.3) is 0 Å². The van der Waals surface area contributed by atoms with E-state index >= 15 is 0 Å². The highest BCUT2D eigenvalue weighted by Crippen LogP contribution is 2.25. The zero-order chi connectivity index (χ0) is 10.7. The second kappa shape index (κ2) is 4.42. The standard InChI is InChI=1S/C11H13N3S/c1-2-13-11(14-12)9-7-15-10-6-4-3-5-8(9)10/h3-7H,2,12H2,1H3,(H,13,14). The number of hydrogen-bond acceptors (Lipinski definition) is 3. The summed E-state index contributed by atoms with van der Waals surface area (Å²) in [6.07, 6.45) is 0. The molecular weight excluding hydrogens is 206 g/mol. The first-order valence-corrected chi connectivity index (χ1v) is 5.72. The van der Waals surface area contributed by atoms with Crippen LogP contribution in [0.5, 0.6) is 0 Å². The third-order valence-electron chi connectivity index (χ3n) is 2.19. The summed E-state index contributed by atoms with van der Waals surface area (Å²) in [4.78, 5) is 4.32. The Labute approximate surface area is 92.6 Å². The molecule has 0 aliphatic rings. The van der Waals surface area contributed by atoms with Crippen LogP contribution in [0.1, 0.15) is 12.5 Å². The SMILES string of the molecule is CCN=C(NN)c1csc2ccccc12. The van der Waals surface area contributed by atoms with Gasteiger partial charge < -0.3 is 5.43 Å². The van der Waals surface area contributed by atoms with Crippen molar-refractivity contribution < 1.29 is 0 Å². The molecule has 15 heavy (non-hydrogen) atoms. The van der Waals surface area contributed by atoms with Crippen molar-refractivity contribution in [1.29, 1.82) is 0 Å². The molecule has 3 N–H and O–H groups in total. The molecule has 0 unspecified atom stereocenters. The molecule has 78 valence electrons. The smallest absolute Gasteiger partial charge is 0.143 e. The molecule has 0 bridgehead atoms. The Morgan fingerprint density at radius 2 is 2.27 bits per heavy atom. The lowest BCUT2D eigenvalue weighted by atomic mass is 10.1. The van der Waals surface area contributed by atoms with Gasteiger partial charge in [0.05, 0.1) is 0 Å². The van der Waals surface area contributed by atoms with Crippen LogP contribution in [0.2, 0.25) is 0 Å². The predicted octanol–water partition coefficient (Wildman–Crippen LogP) is 2.13. The van der Waals surface area contributed by atoms with Crippen molar-refractivity contribution >= 4 is 27.3 Å². The fraction of sp³-hybridized carbons (Fsp3) is 0.182. The van der Waals surface area contributed by atoms with Crippen molar-refractivity contribution in [1.82, 2.24) is 5.43 Å². The summed E-state index contributed by atoms with van der Waals surface area (Å²) >= 11 is 1.71. The molecule has 0 aliphatic carbocycles. The monoisotopic (exact) mass is 219 g/mol. The molecule has 1 heterocycles. The van der Waals surface area contributed by atoms with Crippen LogP contribution in [0.25, 0.3) is 10.1 Å². The molecular formula is C11H13N3S. The highest BCUT2D eigenvalue weighted by molar-refractivity contribution is 7.17. The summed E-state index contributed by atoms with van der Waals surface area (Å²) in [5.74, 6) is 6.22. The second-order valence-electron chi connectivity index (χ2n) is 3.11. The van der Waals surface area contributed by atoms with E-state index in [1.165, 1.54) is 10.1 Å². The van der Waals surface area contributed by atoms with Crippen molar-refractivity contribution in [2.24, 2.45) is 10.8 Å². The molecule has 2 aromatic rings. The van der Waals surface area contributed by atoms with Gasteiger partial charge in [-0.05, 0) is 13.0 Å². The molecule has 4 heteroatoms. The van der Waals surface area contributed by atoms with Gasteiger partial charge in [0.15, 0.2) is 0 Å². The number of benzene rings is 1. The summed E-state index contributed by atoms with van der Waals surface area (Å²) in [7, 11) is 0. The first-order valence-electron chi connectivity index (χ1n) is 4.84. The largest absolute Gasteiger partial charge is 0.308 e. The third kappa shape index (κ3) is 1.86. The lowest BCUT2D eigenvalue weighted by Gasteiger charge is -2.03. The maximum absolute atomic E-state index is 5.46. The summed E-state index contributed by atoms with van der Waals surface area (Å²) in [5, 5.41) is 3.28. The molecule has 0 saturated heterocycles. The van der Waals surface area contributed by atoms with Gasteiger partial charge in [-0.2, -0.15) is 0 Å². The third-order valence-corrected chi connectivity index (χ3v) is 3.15. The van der Waals surface area contributed by atoms with Gasteiger partial charge in [0.1, 0.15) is 5.84 Å². The van der Waals surface area contributed by atoms with E-state index in [2.05, 4.69) is 27.9 Å². The van der Waals surface area contributed by atoms with Gasteiger partial charge in [-0.3, -0.25) is 4.99 Å². The van der Waals surface area contributed by atoms with Crippen molar-refractivity contribution in [3.8, 4) is 0 Å². The van der Waals surface area contributed by atoms with Crippen molar-refractivity contribution in [3.63, 3.8) is 0 Å².